The normalized spacial score (nSPS) is 18.1. The number of sulfonamides is 1. The summed E-state index contributed by atoms with van der Waals surface area (Å²) < 4.78 is 29.8. The molecule has 1 aromatic rings. The van der Waals surface area contributed by atoms with Crippen LogP contribution < -0.4 is 5.32 Å². The molecule has 1 amide bonds. The van der Waals surface area contributed by atoms with Crippen LogP contribution in [-0.4, -0.2) is 50.0 Å². The van der Waals surface area contributed by atoms with Gasteiger partial charge in [-0.1, -0.05) is 13.3 Å². The van der Waals surface area contributed by atoms with E-state index in [0.29, 0.717) is 37.2 Å². The molecular formula is C17H24N2O5S. The van der Waals surface area contributed by atoms with Crippen molar-refractivity contribution < 1.29 is 22.7 Å². The van der Waals surface area contributed by atoms with Gasteiger partial charge in [-0.2, -0.15) is 4.31 Å². The van der Waals surface area contributed by atoms with Gasteiger partial charge in [0, 0.05) is 12.2 Å². The van der Waals surface area contributed by atoms with E-state index in [1.807, 2.05) is 6.92 Å². The van der Waals surface area contributed by atoms with Crippen LogP contribution in [0, 0.1) is 0 Å². The van der Waals surface area contributed by atoms with Gasteiger partial charge in [0.05, 0.1) is 18.4 Å². The van der Waals surface area contributed by atoms with E-state index in [9.17, 15) is 18.0 Å². The van der Waals surface area contributed by atoms with Gasteiger partial charge in [-0.05, 0) is 43.5 Å². The first kappa shape index (κ1) is 19.4. The fraction of sp³-hybridized carbons (Fsp3) is 0.529. The van der Waals surface area contributed by atoms with E-state index in [1.165, 1.54) is 4.31 Å². The lowest BCUT2D eigenvalue weighted by molar-refractivity contribution is -0.119. The third kappa shape index (κ3) is 5.27. The number of unbranched alkanes of at least 4 members (excludes halogenated alkanes) is 1. The minimum Gasteiger partial charge on any atom is -0.462 e. The van der Waals surface area contributed by atoms with Crippen molar-refractivity contribution in [2.45, 2.75) is 38.6 Å². The highest BCUT2D eigenvalue weighted by atomic mass is 32.2. The number of ether oxygens (including phenoxy) is 1. The number of nitrogens with zero attached hydrogens (tertiary/aromatic N) is 1. The highest BCUT2D eigenvalue weighted by molar-refractivity contribution is 7.88. The molecule has 7 nitrogen and oxygen atoms in total. The molecule has 1 fully saturated rings. The van der Waals surface area contributed by atoms with Crippen LogP contribution in [-0.2, 0) is 19.6 Å². The maximum atomic E-state index is 12.4. The second-order valence-electron chi connectivity index (χ2n) is 6.09. The largest absolute Gasteiger partial charge is 0.462 e. The van der Waals surface area contributed by atoms with Crippen molar-refractivity contribution in [2.75, 3.05) is 24.7 Å². The molecule has 1 aliphatic heterocycles. The summed E-state index contributed by atoms with van der Waals surface area (Å²) in [7, 11) is -3.41. The molecule has 0 aromatic heterocycles. The quantitative estimate of drug-likeness (QED) is 0.587. The van der Waals surface area contributed by atoms with Crippen molar-refractivity contribution in [2.24, 2.45) is 0 Å². The molecule has 25 heavy (non-hydrogen) atoms. The molecule has 0 aliphatic carbocycles. The van der Waals surface area contributed by atoms with E-state index < -0.39 is 22.0 Å². The van der Waals surface area contributed by atoms with Crippen LogP contribution in [0.15, 0.2) is 24.3 Å². The Kier molecular flexibility index (Phi) is 6.55. The van der Waals surface area contributed by atoms with Crippen molar-refractivity contribution in [1.29, 1.82) is 0 Å². The molecule has 138 valence electrons. The summed E-state index contributed by atoms with van der Waals surface area (Å²) in [6.07, 6.45) is 4.04. The van der Waals surface area contributed by atoms with Crippen LogP contribution in [0.25, 0.3) is 0 Å². The van der Waals surface area contributed by atoms with Crippen molar-refractivity contribution in [3.05, 3.63) is 29.8 Å². The lowest BCUT2D eigenvalue weighted by Crippen LogP contribution is -2.42. The first-order valence-electron chi connectivity index (χ1n) is 8.38. The molecule has 0 bridgehead atoms. The molecule has 2 rings (SSSR count). The summed E-state index contributed by atoms with van der Waals surface area (Å²) in [5.41, 5.74) is 0.920. The van der Waals surface area contributed by atoms with Crippen molar-refractivity contribution in [3.63, 3.8) is 0 Å². The van der Waals surface area contributed by atoms with E-state index >= 15 is 0 Å². The smallest absolute Gasteiger partial charge is 0.338 e. The van der Waals surface area contributed by atoms with Crippen LogP contribution in [0.4, 0.5) is 5.69 Å². The summed E-state index contributed by atoms with van der Waals surface area (Å²) in [6, 6.07) is 5.68. The average Bonchev–Trinajstić information content (AvgIpc) is 3.06. The van der Waals surface area contributed by atoms with Crippen LogP contribution >= 0.6 is 0 Å². The number of anilines is 1. The second kappa shape index (κ2) is 8.44. The third-order valence-corrected chi connectivity index (χ3v) is 5.34. The van der Waals surface area contributed by atoms with E-state index in [4.69, 9.17) is 4.74 Å². The van der Waals surface area contributed by atoms with Crippen molar-refractivity contribution in [3.8, 4) is 0 Å². The van der Waals surface area contributed by atoms with Gasteiger partial charge in [-0.15, -0.1) is 0 Å². The number of hydrogen-bond donors (Lipinski definition) is 1. The van der Waals surface area contributed by atoms with Gasteiger partial charge in [-0.3, -0.25) is 4.79 Å². The molecule has 1 saturated heterocycles. The fourth-order valence-corrected chi connectivity index (χ4v) is 3.83. The van der Waals surface area contributed by atoms with Gasteiger partial charge in [-0.25, -0.2) is 13.2 Å². The molecule has 1 atom stereocenters. The monoisotopic (exact) mass is 368 g/mol. The first-order chi connectivity index (χ1) is 11.8. The van der Waals surface area contributed by atoms with E-state index in [-0.39, 0.29) is 5.91 Å². The van der Waals surface area contributed by atoms with E-state index in [2.05, 4.69) is 5.32 Å². The standard InChI is InChI=1S/C17H24N2O5S/c1-3-4-12-24-17(21)13-7-9-14(10-8-13)18-16(20)15-6-5-11-19(15)25(2,22)23/h7-10,15H,3-6,11-12H2,1-2H3,(H,18,20). The summed E-state index contributed by atoms with van der Waals surface area (Å²) in [5, 5.41) is 2.71. The number of hydrogen-bond acceptors (Lipinski definition) is 5. The summed E-state index contributed by atoms with van der Waals surface area (Å²) >= 11 is 0. The summed E-state index contributed by atoms with van der Waals surface area (Å²) in [5.74, 6) is -0.758. The second-order valence-corrected chi connectivity index (χ2v) is 8.02. The van der Waals surface area contributed by atoms with Gasteiger partial charge in [0.1, 0.15) is 6.04 Å². The van der Waals surface area contributed by atoms with E-state index in [1.54, 1.807) is 24.3 Å². The Balaban J connectivity index is 1.96. The van der Waals surface area contributed by atoms with E-state index in [0.717, 1.165) is 19.1 Å². The summed E-state index contributed by atoms with van der Waals surface area (Å²) in [6.45, 7) is 2.76. The molecule has 1 heterocycles. The van der Waals surface area contributed by atoms with Gasteiger partial charge in [0.25, 0.3) is 0 Å². The maximum Gasteiger partial charge on any atom is 0.338 e. The molecule has 0 radical (unpaired) electrons. The van der Waals surface area contributed by atoms with Crippen LogP contribution in [0.3, 0.4) is 0 Å². The number of benzene rings is 1. The number of carbonyl (C=O) groups excluding carboxylic acids is 2. The number of rotatable bonds is 7. The number of carbonyl (C=O) groups is 2. The number of nitrogens with one attached hydrogen (secondary N) is 1. The third-order valence-electron chi connectivity index (χ3n) is 4.05. The van der Waals surface area contributed by atoms with Gasteiger partial charge < -0.3 is 10.1 Å². The minimum absolute atomic E-state index is 0.360. The Morgan fingerprint density at radius 2 is 1.96 bits per heavy atom. The van der Waals surface area contributed by atoms with Crippen LogP contribution in [0.1, 0.15) is 43.0 Å². The van der Waals surface area contributed by atoms with Crippen molar-refractivity contribution >= 4 is 27.6 Å². The highest BCUT2D eigenvalue weighted by Gasteiger charge is 2.36. The number of esters is 1. The topological polar surface area (TPSA) is 92.8 Å². The Labute approximate surface area is 148 Å². The molecule has 1 N–H and O–H groups in total. The fourth-order valence-electron chi connectivity index (χ4n) is 2.71. The highest BCUT2D eigenvalue weighted by Crippen LogP contribution is 2.22. The lowest BCUT2D eigenvalue weighted by Gasteiger charge is -2.21. The Bertz CT molecular complexity index is 715. The maximum absolute atomic E-state index is 12.4. The predicted molar refractivity (Wildman–Crippen MR) is 94.8 cm³/mol. The van der Waals surface area contributed by atoms with Crippen LogP contribution in [0.5, 0.6) is 0 Å². The SMILES string of the molecule is CCCCOC(=O)c1ccc(NC(=O)C2CCCN2S(C)(=O)=O)cc1. The van der Waals surface area contributed by atoms with Gasteiger partial charge in [0.15, 0.2) is 0 Å². The molecule has 1 unspecified atom stereocenters. The predicted octanol–water partition coefficient (Wildman–Crippen LogP) is 2.01. The number of amides is 1. The Hall–Kier alpha value is -1.93. The zero-order chi connectivity index (χ0) is 18.4. The Morgan fingerprint density at radius 3 is 2.56 bits per heavy atom. The summed E-state index contributed by atoms with van der Waals surface area (Å²) in [4.78, 5) is 24.2. The zero-order valence-corrected chi connectivity index (χ0v) is 15.3. The molecular weight excluding hydrogens is 344 g/mol. The van der Waals surface area contributed by atoms with Crippen molar-refractivity contribution in [1.82, 2.24) is 4.31 Å². The molecule has 1 aliphatic rings. The van der Waals surface area contributed by atoms with Gasteiger partial charge >= 0.3 is 5.97 Å². The molecule has 0 saturated carbocycles. The first-order valence-corrected chi connectivity index (χ1v) is 10.2. The Morgan fingerprint density at radius 1 is 1.28 bits per heavy atom. The molecule has 0 spiro atoms. The lowest BCUT2D eigenvalue weighted by atomic mass is 10.2. The minimum atomic E-state index is -3.41. The van der Waals surface area contributed by atoms with Gasteiger partial charge in [0.2, 0.25) is 15.9 Å². The average molecular weight is 368 g/mol. The molecule has 1 aromatic carbocycles. The molecule has 8 heteroatoms. The van der Waals surface area contributed by atoms with Crippen LogP contribution in [0.2, 0.25) is 0 Å². The zero-order valence-electron chi connectivity index (χ0n) is 14.5.